The summed E-state index contributed by atoms with van der Waals surface area (Å²) in [6.07, 6.45) is 7.13. The molecule has 10 nitrogen and oxygen atoms in total. The van der Waals surface area contributed by atoms with Crippen LogP contribution in [0.25, 0.3) is 11.3 Å². The van der Waals surface area contributed by atoms with Crippen molar-refractivity contribution >= 4 is 43.2 Å². The lowest BCUT2D eigenvalue weighted by atomic mass is 10.0. The standard InChI is InChI=1S/2C16H12BrF2N3O2/c2*17-12-8-22-13(7-20-12)21-10-5-6-23-15(14(10)22)9-3-1-2-4-11(9)24-16(18)19/h2*1-4,7-8,15-16H,5-6H2/t2*15-/m10/s1. The van der Waals surface area contributed by atoms with E-state index in [0.717, 1.165) is 22.8 Å². The van der Waals surface area contributed by atoms with Gasteiger partial charge in [-0.2, -0.15) is 17.6 Å². The third-order valence-electron chi connectivity index (χ3n) is 7.76. The van der Waals surface area contributed by atoms with Gasteiger partial charge in [-0.15, -0.1) is 0 Å². The third-order valence-corrected chi connectivity index (χ3v) is 8.58. The number of alkyl halides is 4. The Bertz CT molecular complexity index is 1950. The molecule has 0 aliphatic carbocycles. The summed E-state index contributed by atoms with van der Waals surface area (Å²) >= 11 is 6.69. The maximum atomic E-state index is 12.7. The highest BCUT2D eigenvalue weighted by atomic mass is 79.9. The van der Waals surface area contributed by atoms with E-state index in [1.54, 1.807) is 61.2 Å². The summed E-state index contributed by atoms with van der Waals surface area (Å²) < 4.78 is 77.0. The molecule has 2 atom stereocenters. The zero-order chi connectivity index (χ0) is 33.4. The predicted molar refractivity (Wildman–Crippen MR) is 171 cm³/mol. The largest absolute Gasteiger partial charge is 0.434 e. The highest BCUT2D eigenvalue weighted by molar-refractivity contribution is 9.10. The Morgan fingerprint density at radius 2 is 1.08 bits per heavy atom. The number of fused-ring (bicyclic) bond motifs is 6. The summed E-state index contributed by atoms with van der Waals surface area (Å²) in [7, 11) is 0. The number of aromatic nitrogens is 6. The molecule has 0 saturated heterocycles. The zero-order valence-corrected chi connectivity index (χ0v) is 27.8. The number of nitrogens with zero attached hydrogens (tertiary/aromatic N) is 6. The second-order valence-electron chi connectivity index (χ2n) is 10.6. The first-order chi connectivity index (χ1) is 23.3. The van der Waals surface area contributed by atoms with E-state index in [1.807, 2.05) is 8.80 Å². The van der Waals surface area contributed by atoms with E-state index >= 15 is 0 Å². The van der Waals surface area contributed by atoms with E-state index in [9.17, 15) is 17.6 Å². The van der Waals surface area contributed by atoms with Gasteiger partial charge in [0.2, 0.25) is 0 Å². The van der Waals surface area contributed by atoms with Gasteiger partial charge in [-0.25, -0.2) is 19.9 Å². The first-order valence-electron chi connectivity index (χ1n) is 14.6. The SMILES string of the molecule is FC(F)Oc1ccccc1[C@@H]1OCCc2nc3cnc(Br)cn3c21.FC(F)Oc1ccccc1[C@H]1OCCc2nc3cnc(Br)cn3c21. The highest BCUT2D eigenvalue weighted by Crippen LogP contribution is 2.39. The molecule has 0 fully saturated rings. The molecule has 2 aliphatic rings. The van der Waals surface area contributed by atoms with E-state index in [4.69, 9.17) is 9.47 Å². The Morgan fingerprint density at radius 3 is 1.50 bits per heavy atom. The van der Waals surface area contributed by atoms with Crippen molar-refractivity contribution in [3.05, 3.63) is 116 Å². The van der Waals surface area contributed by atoms with Crippen molar-refractivity contribution < 1.29 is 36.5 Å². The van der Waals surface area contributed by atoms with Crippen molar-refractivity contribution in [2.75, 3.05) is 13.2 Å². The first kappa shape index (κ1) is 32.4. The van der Waals surface area contributed by atoms with Crippen LogP contribution in [0, 0.1) is 0 Å². The molecule has 0 saturated carbocycles. The van der Waals surface area contributed by atoms with Crippen LogP contribution in [0.5, 0.6) is 11.5 Å². The molecule has 4 aromatic heterocycles. The fourth-order valence-corrected chi connectivity index (χ4v) is 6.51. The van der Waals surface area contributed by atoms with E-state index < -0.39 is 25.4 Å². The van der Waals surface area contributed by atoms with E-state index in [1.165, 1.54) is 12.1 Å². The number of ether oxygens (including phenoxy) is 4. The molecule has 2 aliphatic heterocycles. The molecule has 0 amide bonds. The number of hydrogen-bond acceptors (Lipinski definition) is 8. The van der Waals surface area contributed by atoms with Gasteiger partial charge in [0.05, 0.1) is 48.4 Å². The Hall–Kier alpha value is -4.12. The molecule has 0 bridgehead atoms. The van der Waals surface area contributed by atoms with Crippen molar-refractivity contribution in [1.82, 2.24) is 28.7 Å². The molecule has 8 rings (SSSR count). The minimum atomic E-state index is -2.89. The molecule has 0 unspecified atom stereocenters. The van der Waals surface area contributed by atoms with Gasteiger partial charge in [-0.05, 0) is 44.0 Å². The number of para-hydroxylation sites is 2. The van der Waals surface area contributed by atoms with Crippen molar-refractivity contribution in [2.24, 2.45) is 0 Å². The van der Waals surface area contributed by atoms with Crippen LogP contribution in [0.3, 0.4) is 0 Å². The molecule has 248 valence electrons. The summed E-state index contributed by atoms with van der Waals surface area (Å²) in [5, 5.41) is 0. The predicted octanol–water partition coefficient (Wildman–Crippen LogP) is 7.51. The third kappa shape index (κ3) is 6.49. The molecule has 2 aromatic carbocycles. The highest BCUT2D eigenvalue weighted by Gasteiger charge is 2.32. The van der Waals surface area contributed by atoms with Gasteiger partial charge in [0.15, 0.2) is 11.3 Å². The molecular weight excluding hydrogens is 768 g/mol. The number of imidazole rings is 2. The maximum Gasteiger partial charge on any atom is 0.387 e. The van der Waals surface area contributed by atoms with Gasteiger partial charge in [0, 0.05) is 36.4 Å². The lowest BCUT2D eigenvalue weighted by Crippen LogP contribution is -2.20. The van der Waals surface area contributed by atoms with Crippen LogP contribution < -0.4 is 9.47 Å². The average molecular weight is 792 g/mol. The van der Waals surface area contributed by atoms with Gasteiger partial charge in [-0.3, -0.25) is 8.80 Å². The Labute approximate surface area is 286 Å². The minimum absolute atomic E-state index is 0.105. The summed E-state index contributed by atoms with van der Waals surface area (Å²) in [5.41, 5.74) is 5.84. The van der Waals surface area contributed by atoms with Crippen LogP contribution in [0.15, 0.2) is 82.5 Å². The van der Waals surface area contributed by atoms with Crippen LogP contribution in [-0.4, -0.2) is 55.2 Å². The van der Waals surface area contributed by atoms with Gasteiger partial charge in [-0.1, -0.05) is 36.4 Å². The quantitative estimate of drug-likeness (QED) is 0.160. The monoisotopic (exact) mass is 790 g/mol. The number of hydrogen-bond donors (Lipinski definition) is 0. The fraction of sp³-hybridized carbons (Fsp3) is 0.250. The summed E-state index contributed by atoms with van der Waals surface area (Å²) in [6, 6.07) is 13.3. The Kier molecular flexibility index (Phi) is 9.31. The molecule has 6 aromatic rings. The molecule has 0 radical (unpaired) electrons. The molecule has 6 heterocycles. The van der Waals surface area contributed by atoms with E-state index in [2.05, 4.69) is 61.3 Å². The van der Waals surface area contributed by atoms with Crippen LogP contribution in [-0.2, 0) is 22.3 Å². The van der Waals surface area contributed by atoms with E-state index in [-0.39, 0.29) is 11.5 Å². The second-order valence-corrected chi connectivity index (χ2v) is 12.2. The van der Waals surface area contributed by atoms with Crippen molar-refractivity contribution in [2.45, 2.75) is 38.3 Å². The Balaban J connectivity index is 0.000000152. The number of rotatable bonds is 6. The summed E-state index contributed by atoms with van der Waals surface area (Å²) in [4.78, 5) is 17.5. The van der Waals surface area contributed by atoms with Crippen LogP contribution in [0.2, 0.25) is 0 Å². The van der Waals surface area contributed by atoms with Crippen molar-refractivity contribution in [1.29, 1.82) is 0 Å². The Morgan fingerprint density at radius 1 is 0.667 bits per heavy atom. The normalized spacial score (nSPS) is 17.2. The number of halogens is 6. The van der Waals surface area contributed by atoms with Gasteiger partial charge >= 0.3 is 13.2 Å². The molecule has 48 heavy (non-hydrogen) atoms. The lowest BCUT2D eigenvalue weighted by molar-refractivity contribution is -0.0530. The van der Waals surface area contributed by atoms with Crippen molar-refractivity contribution in [3.8, 4) is 11.5 Å². The lowest BCUT2D eigenvalue weighted by Gasteiger charge is -2.25. The topological polar surface area (TPSA) is 97.3 Å². The summed E-state index contributed by atoms with van der Waals surface area (Å²) in [5.74, 6) is 0.210. The van der Waals surface area contributed by atoms with Crippen LogP contribution >= 0.6 is 31.9 Å². The van der Waals surface area contributed by atoms with Crippen LogP contribution in [0.4, 0.5) is 17.6 Å². The molecule has 16 heteroatoms. The summed E-state index contributed by atoms with van der Waals surface area (Å²) in [6.45, 7) is -4.87. The molecule has 0 N–H and O–H groups in total. The average Bonchev–Trinajstić information content (AvgIpc) is 3.63. The molecular formula is C32H24Br2F4N6O4. The van der Waals surface area contributed by atoms with E-state index in [0.29, 0.717) is 57.7 Å². The zero-order valence-electron chi connectivity index (χ0n) is 24.7. The van der Waals surface area contributed by atoms with Gasteiger partial charge < -0.3 is 18.9 Å². The maximum absolute atomic E-state index is 12.7. The first-order valence-corrected chi connectivity index (χ1v) is 16.2. The van der Waals surface area contributed by atoms with Gasteiger partial charge in [0.25, 0.3) is 0 Å². The van der Waals surface area contributed by atoms with Crippen molar-refractivity contribution in [3.63, 3.8) is 0 Å². The fourth-order valence-electron chi connectivity index (χ4n) is 5.90. The van der Waals surface area contributed by atoms with Crippen LogP contribution in [0.1, 0.15) is 46.1 Å². The minimum Gasteiger partial charge on any atom is -0.434 e. The second kappa shape index (κ2) is 13.8. The smallest absolute Gasteiger partial charge is 0.387 e. The van der Waals surface area contributed by atoms with Gasteiger partial charge in [0.1, 0.15) is 32.9 Å². The number of benzene rings is 2. The molecule has 0 spiro atoms.